The maximum Gasteiger partial charge on any atom is 0.251 e. The van der Waals surface area contributed by atoms with Crippen molar-refractivity contribution in [3.63, 3.8) is 0 Å². The number of carbonyl (C=O) groups excluding carboxylic acids is 1. The molecule has 31 heavy (non-hydrogen) atoms. The van der Waals surface area contributed by atoms with E-state index in [-0.39, 0.29) is 5.91 Å². The Morgan fingerprint density at radius 3 is 2.58 bits per heavy atom. The van der Waals surface area contributed by atoms with E-state index in [1.54, 1.807) is 30.8 Å². The molecular weight excluding hydrogens is 410 g/mol. The van der Waals surface area contributed by atoms with Crippen molar-refractivity contribution in [2.45, 2.75) is 32.5 Å². The fraction of sp³-hybridized carbons (Fsp3) is 0.333. The fourth-order valence-corrected chi connectivity index (χ4v) is 4.18. The van der Waals surface area contributed by atoms with Crippen molar-refractivity contribution >= 4 is 17.2 Å². The Bertz CT molecular complexity index is 984. The quantitative estimate of drug-likeness (QED) is 0.542. The highest BCUT2D eigenvalue weighted by Gasteiger charge is 2.13. The van der Waals surface area contributed by atoms with Crippen LogP contribution in [0, 0.1) is 0 Å². The normalized spacial score (nSPS) is 13.8. The van der Waals surface area contributed by atoms with E-state index in [2.05, 4.69) is 39.5 Å². The molecule has 0 spiro atoms. The van der Waals surface area contributed by atoms with Crippen LogP contribution in [0.4, 0.5) is 0 Å². The minimum absolute atomic E-state index is 0.148. The molecule has 162 valence electrons. The van der Waals surface area contributed by atoms with Gasteiger partial charge >= 0.3 is 0 Å². The molecule has 7 heteroatoms. The van der Waals surface area contributed by atoms with Gasteiger partial charge in [0.2, 0.25) is 0 Å². The van der Waals surface area contributed by atoms with Crippen LogP contribution in [0.5, 0.6) is 11.5 Å². The lowest BCUT2D eigenvalue weighted by Crippen LogP contribution is -2.23. The van der Waals surface area contributed by atoms with E-state index in [4.69, 9.17) is 9.47 Å². The molecule has 4 rings (SSSR count). The van der Waals surface area contributed by atoms with Crippen LogP contribution >= 0.6 is 11.3 Å². The molecule has 0 unspecified atom stereocenters. The van der Waals surface area contributed by atoms with Gasteiger partial charge in [0.25, 0.3) is 5.91 Å². The van der Waals surface area contributed by atoms with Gasteiger partial charge < -0.3 is 14.8 Å². The number of rotatable bonds is 9. The number of ether oxygens (including phenoxy) is 2. The van der Waals surface area contributed by atoms with Crippen molar-refractivity contribution < 1.29 is 14.3 Å². The number of benzene rings is 2. The molecule has 0 atom stereocenters. The van der Waals surface area contributed by atoms with Gasteiger partial charge in [-0.2, -0.15) is 0 Å². The van der Waals surface area contributed by atoms with E-state index in [9.17, 15) is 4.79 Å². The molecule has 0 radical (unpaired) electrons. The molecule has 2 aromatic carbocycles. The highest BCUT2D eigenvalue weighted by Crippen LogP contribution is 2.29. The van der Waals surface area contributed by atoms with Crippen molar-refractivity contribution in [1.82, 2.24) is 15.2 Å². The minimum atomic E-state index is -0.148. The average Bonchev–Trinajstić information content (AvgIpc) is 3.51. The Labute approximate surface area is 186 Å². The first-order valence-corrected chi connectivity index (χ1v) is 11.4. The van der Waals surface area contributed by atoms with Crippen LogP contribution in [0.1, 0.15) is 40.0 Å². The molecule has 1 saturated heterocycles. The third kappa shape index (κ3) is 5.83. The highest BCUT2D eigenvalue weighted by atomic mass is 32.1. The molecule has 0 aliphatic carbocycles. The number of nitrogens with zero attached hydrogens (tertiary/aromatic N) is 2. The largest absolute Gasteiger partial charge is 0.493 e. The minimum Gasteiger partial charge on any atom is -0.493 e. The molecule has 1 fully saturated rings. The summed E-state index contributed by atoms with van der Waals surface area (Å²) in [6.07, 6.45) is 2.60. The van der Waals surface area contributed by atoms with Crippen LogP contribution in [0.3, 0.4) is 0 Å². The third-order valence-electron chi connectivity index (χ3n) is 5.37. The van der Waals surface area contributed by atoms with Crippen molar-refractivity contribution in [3.05, 3.63) is 75.7 Å². The molecule has 2 heterocycles. The number of hydrogen-bond acceptors (Lipinski definition) is 6. The molecule has 3 aromatic rings. The second-order valence-corrected chi connectivity index (χ2v) is 8.34. The van der Waals surface area contributed by atoms with Gasteiger partial charge in [0, 0.05) is 24.0 Å². The maximum absolute atomic E-state index is 12.6. The molecule has 1 amide bonds. The fourth-order valence-electron chi connectivity index (χ4n) is 3.63. The maximum atomic E-state index is 12.6. The lowest BCUT2D eigenvalue weighted by atomic mass is 10.1. The van der Waals surface area contributed by atoms with Gasteiger partial charge in [0.15, 0.2) is 11.5 Å². The van der Waals surface area contributed by atoms with Crippen LogP contribution in [0.25, 0.3) is 0 Å². The summed E-state index contributed by atoms with van der Waals surface area (Å²) in [5.74, 6) is 0.959. The van der Waals surface area contributed by atoms with Crippen LogP contribution in [-0.2, 0) is 19.7 Å². The van der Waals surface area contributed by atoms with Gasteiger partial charge in [-0.3, -0.25) is 9.69 Å². The standard InChI is InChI=1S/C24H27N3O3S/c1-29-23-12-20(8-9-22(23)30-15-21-16-31-17-26-21)24(28)25-13-18-4-6-19(7-5-18)14-27-10-2-3-11-27/h4-9,12,16-17H,2-3,10-11,13-15H2,1H3,(H,25,28). The number of carbonyl (C=O) groups is 1. The molecule has 1 N–H and O–H groups in total. The number of methoxy groups -OCH3 is 1. The number of hydrogen-bond donors (Lipinski definition) is 1. The number of amides is 1. The van der Waals surface area contributed by atoms with E-state index in [1.165, 1.54) is 42.8 Å². The summed E-state index contributed by atoms with van der Waals surface area (Å²) in [6.45, 7) is 4.22. The molecule has 0 saturated carbocycles. The number of thiazole rings is 1. The Kier molecular flexibility index (Phi) is 7.17. The van der Waals surface area contributed by atoms with Crippen LogP contribution < -0.4 is 14.8 Å². The third-order valence-corrected chi connectivity index (χ3v) is 6.00. The van der Waals surface area contributed by atoms with Crippen molar-refractivity contribution in [1.29, 1.82) is 0 Å². The highest BCUT2D eigenvalue weighted by molar-refractivity contribution is 7.07. The summed E-state index contributed by atoms with van der Waals surface area (Å²) >= 11 is 1.52. The Balaban J connectivity index is 1.31. The SMILES string of the molecule is COc1cc(C(=O)NCc2ccc(CN3CCCC3)cc2)ccc1OCc1cscn1. The smallest absolute Gasteiger partial charge is 0.251 e. The van der Waals surface area contributed by atoms with Gasteiger partial charge in [-0.15, -0.1) is 11.3 Å². The number of nitrogens with one attached hydrogen (secondary N) is 1. The van der Waals surface area contributed by atoms with Crippen LogP contribution in [0.2, 0.25) is 0 Å². The zero-order valence-electron chi connectivity index (χ0n) is 17.7. The lowest BCUT2D eigenvalue weighted by molar-refractivity contribution is 0.0950. The molecular formula is C24H27N3O3S. The summed E-state index contributed by atoms with van der Waals surface area (Å²) in [5, 5.41) is 4.92. The summed E-state index contributed by atoms with van der Waals surface area (Å²) in [5.41, 5.74) is 5.55. The molecule has 1 aromatic heterocycles. The first-order valence-electron chi connectivity index (χ1n) is 10.5. The van der Waals surface area contributed by atoms with Crippen LogP contribution in [0.15, 0.2) is 53.4 Å². The van der Waals surface area contributed by atoms with E-state index in [1.807, 2.05) is 5.38 Å². The van der Waals surface area contributed by atoms with Gasteiger partial charge in [0.05, 0.1) is 18.3 Å². The zero-order chi connectivity index (χ0) is 21.5. The zero-order valence-corrected chi connectivity index (χ0v) is 18.5. The number of likely N-dealkylation sites (tertiary alicyclic amines) is 1. The lowest BCUT2D eigenvalue weighted by Gasteiger charge is -2.15. The Morgan fingerprint density at radius 2 is 1.87 bits per heavy atom. The molecule has 0 bridgehead atoms. The molecule has 6 nitrogen and oxygen atoms in total. The van der Waals surface area contributed by atoms with Crippen molar-refractivity contribution in [2.75, 3.05) is 20.2 Å². The summed E-state index contributed by atoms with van der Waals surface area (Å²) in [7, 11) is 1.57. The van der Waals surface area contributed by atoms with Gasteiger partial charge in [0.1, 0.15) is 6.61 Å². The first kappa shape index (κ1) is 21.3. The number of aromatic nitrogens is 1. The Morgan fingerprint density at radius 1 is 1.10 bits per heavy atom. The molecule has 1 aliphatic rings. The van der Waals surface area contributed by atoms with E-state index in [0.717, 1.165) is 17.8 Å². The molecule has 1 aliphatic heterocycles. The van der Waals surface area contributed by atoms with Crippen molar-refractivity contribution in [3.8, 4) is 11.5 Å². The van der Waals surface area contributed by atoms with E-state index in [0.29, 0.717) is 30.2 Å². The second-order valence-electron chi connectivity index (χ2n) is 7.62. The van der Waals surface area contributed by atoms with Crippen LogP contribution in [-0.4, -0.2) is 36.0 Å². The van der Waals surface area contributed by atoms with E-state index >= 15 is 0 Å². The van der Waals surface area contributed by atoms with E-state index < -0.39 is 0 Å². The topological polar surface area (TPSA) is 63.7 Å². The monoisotopic (exact) mass is 437 g/mol. The Hall–Kier alpha value is -2.90. The summed E-state index contributed by atoms with van der Waals surface area (Å²) in [4.78, 5) is 19.3. The van der Waals surface area contributed by atoms with Crippen molar-refractivity contribution in [2.24, 2.45) is 0 Å². The second kappa shape index (κ2) is 10.4. The van der Waals surface area contributed by atoms with Gasteiger partial charge in [-0.05, 0) is 55.3 Å². The average molecular weight is 438 g/mol. The van der Waals surface area contributed by atoms with Gasteiger partial charge in [-0.1, -0.05) is 24.3 Å². The predicted octanol–water partition coefficient (Wildman–Crippen LogP) is 4.26. The first-order chi connectivity index (χ1) is 15.2. The van der Waals surface area contributed by atoms with Gasteiger partial charge in [-0.25, -0.2) is 4.98 Å². The summed E-state index contributed by atoms with van der Waals surface area (Å²) < 4.78 is 11.2. The summed E-state index contributed by atoms with van der Waals surface area (Å²) in [6, 6.07) is 13.7. The predicted molar refractivity (Wildman–Crippen MR) is 122 cm³/mol.